The molecule has 0 radical (unpaired) electrons. The summed E-state index contributed by atoms with van der Waals surface area (Å²) < 4.78 is 5.34. The lowest BCUT2D eigenvalue weighted by Crippen LogP contribution is -2.37. The molecular formula is C15H19ClN2O4. The van der Waals surface area contributed by atoms with E-state index in [1.807, 2.05) is 0 Å². The van der Waals surface area contributed by atoms with E-state index < -0.39 is 4.92 Å². The second kappa shape index (κ2) is 7.98. The molecule has 22 heavy (non-hydrogen) atoms. The molecule has 0 unspecified atom stereocenters. The van der Waals surface area contributed by atoms with Gasteiger partial charge in [-0.25, -0.2) is 0 Å². The van der Waals surface area contributed by atoms with Crippen molar-refractivity contribution in [1.82, 2.24) is 5.32 Å². The van der Waals surface area contributed by atoms with Gasteiger partial charge >= 0.3 is 0 Å². The Kier molecular flexibility index (Phi) is 6.00. The van der Waals surface area contributed by atoms with Crippen molar-refractivity contribution >= 4 is 23.2 Å². The molecule has 0 heterocycles. The van der Waals surface area contributed by atoms with E-state index in [4.69, 9.17) is 16.3 Å². The Labute approximate surface area is 133 Å². The molecule has 0 aromatic heterocycles. The smallest absolute Gasteiger partial charge is 0.271 e. The van der Waals surface area contributed by atoms with Gasteiger partial charge in [0.2, 0.25) is 0 Å². The van der Waals surface area contributed by atoms with Crippen molar-refractivity contribution in [1.29, 1.82) is 0 Å². The minimum absolute atomic E-state index is 0.111. The number of amides is 1. The summed E-state index contributed by atoms with van der Waals surface area (Å²) in [5.74, 6) is 0.0737. The quantitative estimate of drug-likeness (QED) is 0.510. The minimum Gasteiger partial charge on any atom is -0.482 e. The van der Waals surface area contributed by atoms with Gasteiger partial charge < -0.3 is 10.1 Å². The van der Waals surface area contributed by atoms with Crippen LogP contribution in [0.1, 0.15) is 38.5 Å². The predicted molar refractivity (Wildman–Crippen MR) is 83.2 cm³/mol. The lowest BCUT2D eigenvalue weighted by molar-refractivity contribution is -0.384. The minimum atomic E-state index is -0.533. The summed E-state index contributed by atoms with van der Waals surface area (Å²) >= 11 is 5.91. The fourth-order valence-electron chi connectivity index (χ4n) is 2.56. The highest BCUT2D eigenvalue weighted by Gasteiger charge is 2.16. The number of benzene rings is 1. The van der Waals surface area contributed by atoms with Crippen molar-refractivity contribution in [3.8, 4) is 5.75 Å². The normalized spacial score (nSPS) is 15.9. The van der Waals surface area contributed by atoms with E-state index in [9.17, 15) is 14.9 Å². The van der Waals surface area contributed by atoms with Crippen molar-refractivity contribution < 1.29 is 14.5 Å². The van der Waals surface area contributed by atoms with Crippen LogP contribution in [-0.2, 0) is 4.79 Å². The van der Waals surface area contributed by atoms with Crippen LogP contribution in [0.25, 0.3) is 0 Å². The van der Waals surface area contributed by atoms with Crippen LogP contribution in [0, 0.1) is 10.1 Å². The van der Waals surface area contributed by atoms with Crippen LogP contribution in [0.3, 0.4) is 0 Å². The first-order chi connectivity index (χ1) is 10.6. The Morgan fingerprint density at radius 2 is 2.00 bits per heavy atom. The first-order valence-electron chi connectivity index (χ1n) is 7.42. The molecule has 1 aromatic carbocycles. The summed E-state index contributed by atoms with van der Waals surface area (Å²) in [4.78, 5) is 22.0. The van der Waals surface area contributed by atoms with Crippen LogP contribution in [-0.4, -0.2) is 23.5 Å². The monoisotopic (exact) mass is 326 g/mol. The average Bonchev–Trinajstić information content (AvgIpc) is 2.74. The van der Waals surface area contributed by atoms with Crippen molar-refractivity contribution in [3.05, 3.63) is 33.3 Å². The van der Waals surface area contributed by atoms with E-state index in [-0.39, 0.29) is 35.0 Å². The maximum atomic E-state index is 11.9. The zero-order valence-electron chi connectivity index (χ0n) is 12.2. The Bertz CT molecular complexity index is 542. The van der Waals surface area contributed by atoms with Gasteiger partial charge in [-0.1, -0.05) is 37.3 Å². The number of nitro benzene ring substituents is 1. The van der Waals surface area contributed by atoms with Gasteiger partial charge in [-0.05, 0) is 18.9 Å². The average molecular weight is 327 g/mol. The third kappa shape index (κ3) is 4.87. The van der Waals surface area contributed by atoms with Gasteiger partial charge in [0.05, 0.1) is 9.95 Å². The number of hydrogen-bond acceptors (Lipinski definition) is 4. The molecule has 2 rings (SSSR count). The Balaban J connectivity index is 1.84. The summed E-state index contributed by atoms with van der Waals surface area (Å²) in [6.07, 6.45) is 6.73. The molecule has 1 saturated carbocycles. The molecule has 1 N–H and O–H groups in total. The highest BCUT2D eigenvalue weighted by atomic mass is 35.5. The highest BCUT2D eigenvalue weighted by molar-refractivity contribution is 6.32. The third-order valence-electron chi connectivity index (χ3n) is 3.71. The number of rotatable bonds is 5. The molecule has 7 heteroatoms. The zero-order chi connectivity index (χ0) is 15.9. The molecule has 1 aliphatic carbocycles. The number of nitrogens with zero attached hydrogens (tertiary/aromatic N) is 1. The third-order valence-corrected chi connectivity index (χ3v) is 4.00. The van der Waals surface area contributed by atoms with Crippen molar-refractivity contribution in [2.75, 3.05) is 6.61 Å². The van der Waals surface area contributed by atoms with E-state index >= 15 is 0 Å². The van der Waals surface area contributed by atoms with Gasteiger partial charge in [-0.3, -0.25) is 14.9 Å². The van der Waals surface area contributed by atoms with Crippen molar-refractivity contribution in [2.45, 2.75) is 44.6 Å². The summed E-state index contributed by atoms with van der Waals surface area (Å²) in [5, 5.41) is 13.7. The number of carbonyl (C=O) groups excluding carboxylic acids is 1. The topological polar surface area (TPSA) is 81.5 Å². The number of ether oxygens (including phenoxy) is 1. The largest absolute Gasteiger partial charge is 0.482 e. The number of halogens is 1. The van der Waals surface area contributed by atoms with E-state index in [1.54, 1.807) is 0 Å². The van der Waals surface area contributed by atoms with Gasteiger partial charge in [-0.15, -0.1) is 0 Å². The van der Waals surface area contributed by atoms with Crippen molar-refractivity contribution in [2.24, 2.45) is 0 Å². The van der Waals surface area contributed by atoms with Crippen LogP contribution in [0.4, 0.5) is 5.69 Å². The number of nitrogens with one attached hydrogen (secondary N) is 1. The molecule has 0 aliphatic heterocycles. The van der Waals surface area contributed by atoms with Crippen LogP contribution in [0.5, 0.6) is 5.75 Å². The molecular weight excluding hydrogens is 308 g/mol. The molecule has 1 fully saturated rings. The fraction of sp³-hybridized carbons (Fsp3) is 0.533. The van der Waals surface area contributed by atoms with Gasteiger partial charge in [-0.2, -0.15) is 0 Å². The van der Waals surface area contributed by atoms with Crippen molar-refractivity contribution in [3.63, 3.8) is 0 Å². The molecule has 0 bridgehead atoms. The molecule has 120 valence electrons. The summed E-state index contributed by atoms with van der Waals surface area (Å²) in [6, 6.07) is 4.12. The molecule has 1 aromatic rings. The van der Waals surface area contributed by atoms with Crippen LogP contribution >= 0.6 is 11.6 Å². The van der Waals surface area contributed by atoms with E-state index in [0.717, 1.165) is 25.7 Å². The SMILES string of the molecule is O=C(COc1ccc([N+](=O)[O-])cc1Cl)NC1CCCCCC1. The van der Waals surface area contributed by atoms with E-state index in [2.05, 4.69) is 5.32 Å². The van der Waals surface area contributed by atoms with E-state index in [1.165, 1.54) is 31.0 Å². The Hall–Kier alpha value is -1.82. The molecule has 0 atom stereocenters. The zero-order valence-corrected chi connectivity index (χ0v) is 13.0. The summed E-state index contributed by atoms with van der Waals surface area (Å²) in [6.45, 7) is -0.145. The lowest BCUT2D eigenvalue weighted by atomic mass is 10.1. The first kappa shape index (κ1) is 16.5. The fourth-order valence-corrected chi connectivity index (χ4v) is 2.79. The maximum absolute atomic E-state index is 11.9. The van der Waals surface area contributed by atoms with Gasteiger partial charge in [0.25, 0.3) is 11.6 Å². The lowest BCUT2D eigenvalue weighted by Gasteiger charge is -2.16. The van der Waals surface area contributed by atoms with Gasteiger partial charge in [0.15, 0.2) is 6.61 Å². The van der Waals surface area contributed by atoms with Crippen LogP contribution in [0.15, 0.2) is 18.2 Å². The molecule has 1 aliphatic rings. The van der Waals surface area contributed by atoms with Crippen LogP contribution < -0.4 is 10.1 Å². The number of carbonyl (C=O) groups is 1. The molecule has 6 nitrogen and oxygen atoms in total. The Morgan fingerprint density at radius 3 is 2.59 bits per heavy atom. The molecule has 0 saturated heterocycles. The number of hydrogen-bond donors (Lipinski definition) is 1. The van der Waals surface area contributed by atoms with Gasteiger partial charge in [0, 0.05) is 18.2 Å². The van der Waals surface area contributed by atoms with Gasteiger partial charge in [0.1, 0.15) is 5.75 Å². The molecule has 0 spiro atoms. The first-order valence-corrected chi connectivity index (χ1v) is 7.80. The molecule has 1 amide bonds. The summed E-state index contributed by atoms with van der Waals surface area (Å²) in [5.41, 5.74) is -0.111. The predicted octanol–water partition coefficient (Wildman–Crippen LogP) is 3.47. The van der Waals surface area contributed by atoms with E-state index in [0.29, 0.717) is 0 Å². The maximum Gasteiger partial charge on any atom is 0.271 e. The highest BCUT2D eigenvalue weighted by Crippen LogP contribution is 2.28. The number of non-ortho nitro benzene ring substituents is 1. The number of nitro groups is 1. The summed E-state index contributed by atoms with van der Waals surface area (Å²) in [7, 11) is 0. The standard InChI is InChI=1S/C15H19ClN2O4/c16-13-9-12(18(20)21)7-8-14(13)22-10-15(19)17-11-5-3-1-2-4-6-11/h7-9,11H,1-6,10H2,(H,17,19). The second-order valence-corrected chi connectivity index (χ2v) is 5.82. The Morgan fingerprint density at radius 1 is 1.32 bits per heavy atom. The second-order valence-electron chi connectivity index (χ2n) is 5.42. The van der Waals surface area contributed by atoms with Crippen LogP contribution in [0.2, 0.25) is 5.02 Å².